The Labute approximate surface area is 399 Å². The van der Waals surface area contributed by atoms with Gasteiger partial charge in [-0.05, 0) is 104 Å². The van der Waals surface area contributed by atoms with Gasteiger partial charge < -0.3 is 35.8 Å². The lowest BCUT2D eigenvalue weighted by Gasteiger charge is -2.29. The number of halogens is 4. The predicted molar refractivity (Wildman–Crippen MR) is 257 cm³/mol. The molecule has 2 aliphatic rings. The quantitative estimate of drug-likeness (QED) is 0.0571. The number of hydrogen-bond acceptors (Lipinski definition) is 9. The summed E-state index contributed by atoms with van der Waals surface area (Å²) in [5.41, 5.74) is 2.28. The van der Waals surface area contributed by atoms with Crippen LogP contribution in [0.15, 0.2) is 122 Å². The molecule has 6 N–H and O–H groups in total. The van der Waals surface area contributed by atoms with Gasteiger partial charge in [-0.15, -0.1) is 0 Å². The maximum atomic E-state index is 13.9. The van der Waals surface area contributed by atoms with Crippen molar-refractivity contribution in [3.8, 4) is 0 Å². The Bertz CT molecular complexity index is 2610. The zero-order valence-electron chi connectivity index (χ0n) is 36.3. The number of nitrogens with zero attached hydrogens (tertiary/aromatic N) is 4. The number of anilines is 4. The van der Waals surface area contributed by atoms with Crippen molar-refractivity contribution in [2.75, 3.05) is 60.7 Å². The standard InChI is InChI=1S/C25H23ClFN5O2.C24H21ClFN5O3/c26-18-8-11-22(29-15-18)31-25(34)20-14-19(27)9-10-21(20)30-24(33)17-6-4-16(5-7-17)23(28)32-12-2-1-3-13-32;25-17-5-8-21(28-14-17)30-24(33)19-13-18(26)6-7-20(19)29-23(32)16-3-1-15(2-4-16)22(27)31-9-11-34-12-10-31/h4-11,14-15,28H,1-3,12-13H2,(H,30,33)(H,29,31,34);1-8,13-14,27H,9-12H2,(H,29,32)(H,28,30,33). The first-order chi connectivity index (χ1) is 32.8. The summed E-state index contributed by atoms with van der Waals surface area (Å²) >= 11 is 11.6. The second kappa shape index (κ2) is 22.7. The van der Waals surface area contributed by atoms with Crippen LogP contribution in [0.25, 0.3) is 0 Å². The largest absolute Gasteiger partial charge is 0.378 e. The van der Waals surface area contributed by atoms with Gasteiger partial charge in [-0.25, -0.2) is 18.7 Å². The van der Waals surface area contributed by atoms with Gasteiger partial charge >= 0.3 is 0 Å². The first-order valence-electron chi connectivity index (χ1n) is 21.3. The Kier molecular flexibility index (Phi) is 16.2. The van der Waals surface area contributed by atoms with E-state index in [1.54, 1.807) is 60.7 Å². The molecule has 4 aromatic carbocycles. The number of morpholine rings is 1. The first-order valence-corrected chi connectivity index (χ1v) is 22.1. The van der Waals surface area contributed by atoms with Crippen LogP contribution in [0.4, 0.5) is 31.8 Å². The van der Waals surface area contributed by atoms with Crippen LogP contribution in [-0.4, -0.2) is 94.5 Å². The number of pyridine rings is 2. The fourth-order valence-electron chi connectivity index (χ4n) is 7.11. The molecule has 2 aliphatic heterocycles. The van der Waals surface area contributed by atoms with E-state index in [4.69, 9.17) is 38.8 Å². The van der Waals surface area contributed by atoms with Gasteiger partial charge in [0.05, 0.1) is 45.8 Å². The molecule has 0 aliphatic carbocycles. The summed E-state index contributed by atoms with van der Waals surface area (Å²) in [6.45, 7) is 4.16. The molecule has 19 heteroatoms. The highest BCUT2D eigenvalue weighted by Gasteiger charge is 2.21. The van der Waals surface area contributed by atoms with E-state index in [2.05, 4.69) is 31.2 Å². The van der Waals surface area contributed by atoms with E-state index in [0.29, 0.717) is 64.7 Å². The molecule has 2 saturated heterocycles. The van der Waals surface area contributed by atoms with Crippen molar-refractivity contribution >= 4 is 81.5 Å². The van der Waals surface area contributed by atoms with E-state index in [9.17, 15) is 28.0 Å². The van der Waals surface area contributed by atoms with Crippen molar-refractivity contribution in [2.45, 2.75) is 19.3 Å². The summed E-state index contributed by atoms with van der Waals surface area (Å²) in [4.78, 5) is 63.0. The molecule has 0 atom stereocenters. The van der Waals surface area contributed by atoms with Crippen molar-refractivity contribution in [1.82, 2.24) is 19.8 Å². The molecule has 0 bridgehead atoms. The molecule has 15 nitrogen and oxygen atoms in total. The Morgan fingerprint density at radius 1 is 0.500 bits per heavy atom. The minimum Gasteiger partial charge on any atom is -0.378 e. The highest BCUT2D eigenvalue weighted by molar-refractivity contribution is 6.30. The molecule has 2 aromatic heterocycles. The first kappa shape index (κ1) is 48.3. The number of carbonyl (C=O) groups excluding carboxylic acids is 4. The zero-order chi connectivity index (χ0) is 48.2. The lowest BCUT2D eigenvalue weighted by atomic mass is 10.1. The summed E-state index contributed by atoms with van der Waals surface area (Å²) in [5, 5.41) is 28.0. The molecular weight excluding hydrogens is 918 g/mol. The third-order valence-corrected chi connectivity index (χ3v) is 11.2. The molecular formula is C49H44Cl2F2N10O5. The van der Waals surface area contributed by atoms with E-state index in [1.165, 1.54) is 43.1 Å². The summed E-state index contributed by atoms with van der Waals surface area (Å²) in [7, 11) is 0. The highest BCUT2D eigenvalue weighted by Crippen LogP contribution is 2.23. The molecule has 0 radical (unpaired) electrons. The third-order valence-electron chi connectivity index (χ3n) is 10.7. The molecule has 68 heavy (non-hydrogen) atoms. The number of nitrogens with one attached hydrogen (secondary N) is 6. The Morgan fingerprint density at radius 2 is 0.897 bits per heavy atom. The van der Waals surface area contributed by atoms with Crippen molar-refractivity contribution in [1.29, 1.82) is 10.8 Å². The number of amides is 4. The van der Waals surface area contributed by atoms with Gasteiger partial charge in [0.15, 0.2) is 0 Å². The van der Waals surface area contributed by atoms with Crippen LogP contribution >= 0.6 is 23.2 Å². The highest BCUT2D eigenvalue weighted by atomic mass is 35.5. The molecule has 4 heterocycles. The number of rotatable bonds is 10. The van der Waals surface area contributed by atoms with E-state index >= 15 is 0 Å². The predicted octanol–water partition coefficient (Wildman–Crippen LogP) is 9.23. The monoisotopic (exact) mass is 960 g/mol. The lowest BCUT2D eigenvalue weighted by Crippen LogP contribution is -2.40. The zero-order valence-corrected chi connectivity index (χ0v) is 37.8. The molecule has 2 fully saturated rings. The summed E-state index contributed by atoms with van der Waals surface area (Å²) in [6.07, 6.45) is 6.07. The minimum absolute atomic E-state index is 0.0476. The molecule has 0 saturated carbocycles. The van der Waals surface area contributed by atoms with Crippen LogP contribution in [0.2, 0.25) is 10.0 Å². The molecule has 0 unspecified atom stereocenters. The maximum Gasteiger partial charge on any atom is 0.259 e. The number of amidine groups is 2. The van der Waals surface area contributed by atoms with Crippen molar-refractivity contribution in [2.24, 2.45) is 0 Å². The number of carbonyl (C=O) groups is 4. The molecule has 348 valence electrons. The second-order valence-electron chi connectivity index (χ2n) is 15.4. The van der Waals surface area contributed by atoms with E-state index in [1.807, 2.05) is 9.80 Å². The van der Waals surface area contributed by atoms with Gasteiger partial charge in [-0.3, -0.25) is 30.0 Å². The molecule has 8 rings (SSSR count). The van der Waals surface area contributed by atoms with Gasteiger partial charge in [-0.1, -0.05) is 47.5 Å². The Morgan fingerprint density at radius 3 is 1.29 bits per heavy atom. The fraction of sp³-hybridized carbons (Fsp3) is 0.184. The maximum absolute atomic E-state index is 13.9. The van der Waals surface area contributed by atoms with E-state index in [-0.39, 0.29) is 34.1 Å². The number of piperidine rings is 1. The summed E-state index contributed by atoms with van der Waals surface area (Å²) in [5.74, 6) is -2.17. The number of aromatic nitrogens is 2. The SMILES string of the molecule is N=C(c1ccc(C(=O)Nc2ccc(F)cc2C(=O)Nc2ccc(Cl)cn2)cc1)N1CCCCC1.N=C(c1ccc(C(=O)Nc2ccc(F)cc2C(=O)Nc2ccc(Cl)cn2)cc1)N1CCOCC1. The summed E-state index contributed by atoms with van der Waals surface area (Å²) in [6, 6.07) is 26.5. The van der Waals surface area contributed by atoms with Crippen molar-refractivity contribution in [3.63, 3.8) is 0 Å². The van der Waals surface area contributed by atoms with Gasteiger partial charge in [0.2, 0.25) is 0 Å². The third kappa shape index (κ3) is 12.8. The average molecular weight is 962 g/mol. The van der Waals surface area contributed by atoms with Gasteiger partial charge in [-0.2, -0.15) is 0 Å². The van der Waals surface area contributed by atoms with Crippen LogP contribution in [0.5, 0.6) is 0 Å². The van der Waals surface area contributed by atoms with Crippen molar-refractivity contribution < 1.29 is 32.7 Å². The number of benzene rings is 4. The van der Waals surface area contributed by atoms with Crippen LogP contribution < -0.4 is 21.3 Å². The molecule has 4 amide bonds. The second-order valence-corrected chi connectivity index (χ2v) is 16.3. The Hall–Kier alpha value is -7.60. The topological polar surface area (TPSA) is 206 Å². The lowest BCUT2D eigenvalue weighted by molar-refractivity contribution is 0.0680. The van der Waals surface area contributed by atoms with E-state index < -0.39 is 35.3 Å². The van der Waals surface area contributed by atoms with Crippen LogP contribution in [0.3, 0.4) is 0 Å². The van der Waals surface area contributed by atoms with Gasteiger partial charge in [0.25, 0.3) is 23.6 Å². The smallest absolute Gasteiger partial charge is 0.259 e. The number of ether oxygens (including phenoxy) is 1. The van der Waals surface area contributed by atoms with E-state index in [0.717, 1.165) is 55.8 Å². The molecule has 6 aromatic rings. The van der Waals surface area contributed by atoms with Crippen LogP contribution in [0, 0.1) is 22.5 Å². The average Bonchev–Trinajstić information content (AvgIpc) is 3.36. The van der Waals surface area contributed by atoms with Crippen LogP contribution in [-0.2, 0) is 4.74 Å². The number of hydrogen-bond donors (Lipinski definition) is 6. The van der Waals surface area contributed by atoms with Gasteiger partial charge in [0.1, 0.15) is 34.9 Å². The molecule has 0 spiro atoms. The van der Waals surface area contributed by atoms with Crippen LogP contribution in [0.1, 0.15) is 71.8 Å². The normalized spacial score (nSPS) is 13.3. The van der Waals surface area contributed by atoms with Gasteiger partial charge in [0, 0.05) is 60.8 Å². The minimum atomic E-state index is -0.640. The fourth-order valence-corrected chi connectivity index (χ4v) is 7.33. The Balaban J connectivity index is 0.000000201. The van der Waals surface area contributed by atoms with Crippen molar-refractivity contribution in [3.05, 3.63) is 177 Å². The summed E-state index contributed by atoms with van der Waals surface area (Å²) < 4.78 is 33.1. The number of likely N-dealkylation sites (tertiary alicyclic amines) is 1.